The van der Waals surface area contributed by atoms with Crippen LogP contribution in [0, 0.1) is 11.3 Å². The second-order valence-electron chi connectivity index (χ2n) is 4.57. The Morgan fingerprint density at radius 1 is 1.17 bits per heavy atom. The van der Waals surface area contributed by atoms with Gasteiger partial charge in [0.2, 0.25) is 0 Å². The Morgan fingerprint density at radius 3 is 2.17 bits per heavy atom. The lowest BCUT2D eigenvalue weighted by Gasteiger charge is -2.38. The van der Waals surface area contributed by atoms with E-state index in [2.05, 4.69) is 0 Å². The van der Waals surface area contributed by atoms with Crippen LogP contribution in [0.5, 0.6) is 0 Å². The molecule has 0 radical (unpaired) electrons. The van der Waals surface area contributed by atoms with E-state index in [1.165, 1.54) is 12.8 Å². The minimum absolute atomic E-state index is 0.0385. The number of hydrogen-bond donors (Lipinski definition) is 2. The summed E-state index contributed by atoms with van der Waals surface area (Å²) < 4.78 is 0. The highest BCUT2D eigenvalue weighted by Crippen LogP contribution is 2.52. The highest BCUT2D eigenvalue weighted by molar-refractivity contribution is 4.97. The van der Waals surface area contributed by atoms with E-state index >= 15 is 0 Å². The number of rotatable bonds is 2. The molecule has 2 heteroatoms. The molecule has 2 aliphatic rings. The van der Waals surface area contributed by atoms with Crippen LogP contribution in [0.15, 0.2) is 0 Å². The Morgan fingerprint density at radius 2 is 1.75 bits per heavy atom. The first-order valence-electron chi connectivity index (χ1n) is 5.15. The first-order valence-corrected chi connectivity index (χ1v) is 5.15. The fourth-order valence-electron chi connectivity index (χ4n) is 2.65. The second-order valence-corrected chi connectivity index (χ2v) is 4.57. The van der Waals surface area contributed by atoms with Crippen molar-refractivity contribution in [2.45, 2.75) is 44.6 Å². The molecule has 0 atom stereocenters. The van der Waals surface area contributed by atoms with Gasteiger partial charge in [-0.25, -0.2) is 0 Å². The summed E-state index contributed by atoms with van der Waals surface area (Å²) in [6.07, 6.45) is 7.01. The van der Waals surface area contributed by atoms with Gasteiger partial charge in [0, 0.05) is 0 Å². The van der Waals surface area contributed by atoms with E-state index in [9.17, 15) is 5.11 Å². The van der Waals surface area contributed by atoms with E-state index < -0.39 is 0 Å². The summed E-state index contributed by atoms with van der Waals surface area (Å²) in [6.45, 7) is 0.838. The molecular formula is C10H19NO. The molecule has 2 rings (SSSR count). The smallest absolute Gasteiger partial charge is 0.0540 e. The molecule has 0 heterocycles. The molecule has 0 bridgehead atoms. The molecule has 70 valence electrons. The van der Waals surface area contributed by atoms with Crippen LogP contribution in [0.4, 0.5) is 0 Å². The molecule has 2 saturated carbocycles. The van der Waals surface area contributed by atoms with Gasteiger partial charge in [-0.2, -0.15) is 0 Å². The van der Waals surface area contributed by atoms with Crippen molar-refractivity contribution in [3.63, 3.8) is 0 Å². The predicted octanol–water partition coefficient (Wildman–Crippen LogP) is 1.28. The summed E-state index contributed by atoms with van der Waals surface area (Å²) in [5.74, 6) is 0.898. The third kappa shape index (κ3) is 1.38. The molecule has 2 fully saturated rings. The molecule has 0 aromatic rings. The molecule has 2 aliphatic carbocycles. The van der Waals surface area contributed by atoms with Gasteiger partial charge in [-0.3, -0.25) is 0 Å². The van der Waals surface area contributed by atoms with E-state index in [4.69, 9.17) is 5.73 Å². The van der Waals surface area contributed by atoms with E-state index in [1.807, 2.05) is 0 Å². The highest BCUT2D eigenvalue weighted by Gasteiger charge is 2.45. The van der Waals surface area contributed by atoms with Gasteiger partial charge in [-0.1, -0.05) is 0 Å². The normalized spacial score (nSPS) is 43.0. The van der Waals surface area contributed by atoms with Crippen molar-refractivity contribution >= 4 is 0 Å². The van der Waals surface area contributed by atoms with E-state index in [-0.39, 0.29) is 6.10 Å². The third-order valence-electron chi connectivity index (χ3n) is 3.80. The van der Waals surface area contributed by atoms with Gasteiger partial charge in [0.15, 0.2) is 0 Å². The van der Waals surface area contributed by atoms with Gasteiger partial charge < -0.3 is 10.8 Å². The summed E-state index contributed by atoms with van der Waals surface area (Å²) >= 11 is 0. The van der Waals surface area contributed by atoms with E-state index in [1.54, 1.807) is 0 Å². The summed E-state index contributed by atoms with van der Waals surface area (Å²) in [6, 6.07) is 0. The van der Waals surface area contributed by atoms with Gasteiger partial charge in [-0.15, -0.1) is 0 Å². The van der Waals surface area contributed by atoms with Crippen molar-refractivity contribution in [3.05, 3.63) is 0 Å². The van der Waals surface area contributed by atoms with Crippen molar-refractivity contribution in [3.8, 4) is 0 Å². The maximum Gasteiger partial charge on any atom is 0.0540 e. The molecule has 0 amide bonds. The largest absolute Gasteiger partial charge is 0.393 e. The molecule has 0 saturated heterocycles. The van der Waals surface area contributed by atoms with Crippen LogP contribution in [0.25, 0.3) is 0 Å². The Bertz CT molecular complexity index is 157. The van der Waals surface area contributed by atoms with Crippen LogP contribution in [0.3, 0.4) is 0 Å². The Kier molecular flexibility index (Phi) is 2.13. The van der Waals surface area contributed by atoms with E-state index in [0.29, 0.717) is 5.41 Å². The molecule has 0 aliphatic heterocycles. The summed E-state index contributed by atoms with van der Waals surface area (Å²) in [5.41, 5.74) is 6.27. The lowest BCUT2D eigenvalue weighted by molar-refractivity contribution is 0.0544. The van der Waals surface area contributed by atoms with E-state index in [0.717, 1.165) is 38.1 Å². The van der Waals surface area contributed by atoms with Crippen LogP contribution in [-0.4, -0.2) is 17.8 Å². The molecule has 3 N–H and O–H groups in total. The lowest BCUT2D eigenvalue weighted by Crippen LogP contribution is -2.38. The average Bonchev–Trinajstić information content (AvgIpc) is 2.90. The van der Waals surface area contributed by atoms with Gasteiger partial charge in [0.25, 0.3) is 0 Å². The minimum Gasteiger partial charge on any atom is -0.393 e. The van der Waals surface area contributed by atoms with Crippen LogP contribution in [0.1, 0.15) is 38.5 Å². The standard InChI is InChI=1S/C10H19NO/c11-7-10(8-1-2-8)5-3-9(12)4-6-10/h8-9,12H,1-7,11H2. The fraction of sp³-hybridized carbons (Fsp3) is 1.00. The Balaban J connectivity index is 1.98. The SMILES string of the molecule is NCC1(C2CC2)CCC(O)CC1. The summed E-state index contributed by atoms with van der Waals surface area (Å²) in [5, 5.41) is 9.40. The van der Waals surface area contributed by atoms with Gasteiger partial charge in [-0.05, 0) is 56.4 Å². The van der Waals surface area contributed by atoms with Crippen LogP contribution in [0.2, 0.25) is 0 Å². The maximum absolute atomic E-state index is 9.40. The van der Waals surface area contributed by atoms with Crippen molar-refractivity contribution < 1.29 is 5.11 Å². The van der Waals surface area contributed by atoms with Crippen molar-refractivity contribution in [1.29, 1.82) is 0 Å². The second kappa shape index (κ2) is 3.00. The molecule has 12 heavy (non-hydrogen) atoms. The topological polar surface area (TPSA) is 46.2 Å². The summed E-state index contributed by atoms with van der Waals surface area (Å²) in [4.78, 5) is 0. The number of hydrogen-bond acceptors (Lipinski definition) is 2. The summed E-state index contributed by atoms with van der Waals surface area (Å²) in [7, 11) is 0. The first kappa shape index (κ1) is 8.52. The van der Waals surface area contributed by atoms with Crippen LogP contribution in [-0.2, 0) is 0 Å². The Labute approximate surface area is 74.1 Å². The zero-order valence-corrected chi connectivity index (χ0v) is 7.63. The zero-order valence-electron chi connectivity index (χ0n) is 7.63. The monoisotopic (exact) mass is 169 g/mol. The fourth-order valence-corrected chi connectivity index (χ4v) is 2.65. The lowest BCUT2D eigenvalue weighted by atomic mass is 9.70. The van der Waals surface area contributed by atoms with Gasteiger partial charge in [0.05, 0.1) is 6.10 Å². The van der Waals surface area contributed by atoms with Crippen LogP contribution >= 0.6 is 0 Å². The van der Waals surface area contributed by atoms with Crippen molar-refractivity contribution in [1.82, 2.24) is 0 Å². The maximum atomic E-state index is 9.40. The highest BCUT2D eigenvalue weighted by atomic mass is 16.3. The van der Waals surface area contributed by atoms with Crippen molar-refractivity contribution in [2.24, 2.45) is 17.1 Å². The number of aliphatic hydroxyl groups is 1. The average molecular weight is 169 g/mol. The molecule has 2 nitrogen and oxygen atoms in total. The molecule has 0 aromatic carbocycles. The zero-order chi connectivity index (χ0) is 8.60. The van der Waals surface area contributed by atoms with Crippen molar-refractivity contribution in [2.75, 3.05) is 6.54 Å². The molecular weight excluding hydrogens is 150 g/mol. The third-order valence-corrected chi connectivity index (χ3v) is 3.80. The number of nitrogens with two attached hydrogens (primary N) is 1. The molecule has 0 unspecified atom stereocenters. The van der Waals surface area contributed by atoms with Gasteiger partial charge in [0.1, 0.15) is 0 Å². The van der Waals surface area contributed by atoms with Gasteiger partial charge >= 0.3 is 0 Å². The minimum atomic E-state index is -0.0385. The molecule has 0 spiro atoms. The number of aliphatic hydroxyl groups excluding tert-OH is 1. The quantitative estimate of drug-likeness (QED) is 0.654. The molecule has 0 aromatic heterocycles. The Hall–Kier alpha value is -0.0800. The predicted molar refractivity (Wildman–Crippen MR) is 48.7 cm³/mol. The first-order chi connectivity index (χ1) is 5.77. The van der Waals surface area contributed by atoms with Crippen LogP contribution < -0.4 is 5.73 Å².